The van der Waals surface area contributed by atoms with Gasteiger partial charge in [-0.3, -0.25) is 0 Å². The largest absolute Gasteiger partial charge is 0.195 e. The van der Waals surface area contributed by atoms with Crippen LogP contribution in [0, 0.1) is 17.8 Å². The molecular weight excluding hydrogens is 238 g/mol. The van der Waals surface area contributed by atoms with E-state index in [2.05, 4.69) is 0 Å². The molecule has 0 aromatic carbocycles. The van der Waals surface area contributed by atoms with Gasteiger partial charge in [0.25, 0.3) is 0 Å². The van der Waals surface area contributed by atoms with E-state index in [0.717, 1.165) is 6.42 Å². The lowest BCUT2D eigenvalue weighted by atomic mass is 9.89. The van der Waals surface area contributed by atoms with Crippen LogP contribution in [0.15, 0.2) is 0 Å². The van der Waals surface area contributed by atoms with Crippen LogP contribution in [0.3, 0.4) is 0 Å². The number of fused-ring (bicyclic) bond motifs is 2. The zero-order chi connectivity index (χ0) is 8.93. The highest BCUT2D eigenvalue weighted by Gasteiger charge is 2.54. The lowest BCUT2D eigenvalue weighted by Gasteiger charge is -2.31. The fraction of sp³-hybridized carbons (Fsp3) is 1.00. The maximum Gasteiger partial charge on any atom is 0.195 e. The van der Waals surface area contributed by atoms with Crippen molar-refractivity contribution in [1.29, 1.82) is 0 Å². The van der Waals surface area contributed by atoms with E-state index < -0.39 is 3.79 Å². The van der Waals surface area contributed by atoms with Crippen LogP contribution in [-0.4, -0.2) is 9.17 Å². The van der Waals surface area contributed by atoms with Crippen LogP contribution in [0.1, 0.15) is 19.3 Å². The maximum atomic E-state index is 6.21. The smallest absolute Gasteiger partial charge is 0.122 e. The molecule has 0 nitrogen and oxygen atoms in total. The van der Waals surface area contributed by atoms with Crippen molar-refractivity contribution in [1.82, 2.24) is 0 Å². The van der Waals surface area contributed by atoms with Gasteiger partial charge in [0, 0.05) is 11.3 Å². The van der Waals surface area contributed by atoms with Gasteiger partial charge in [-0.2, -0.15) is 0 Å². The lowest BCUT2D eigenvalue weighted by molar-refractivity contribution is 0.344. The van der Waals surface area contributed by atoms with Crippen molar-refractivity contribution in [3.8, 4) is 0 Å². The summed E-state index contributed by atoms with van der Waals surface area (Å²) in [6.45, 7) is 0. The van der Waals surface area contributed by atoms with E-state index in [1.807, 2.05) is 0 Å². The van der Waals surface area contributed by atoms with Gasteiger partial charge in [-0.15, -0.1) is 11.6 Å². The molecule has 2 fully saturated rings. The average Bonchev–Trinajstić information content (AvgIpc) is 2.42. The first-order valence-electron chi connectivity index (χ1n) is 4.21. The SMILES string of the molecule is Cl[C@H]1[C@H]2CC[C@@H](C2)[C@@H]1C(Cl)(Cl)Cl. The minimum absolute atomic E-state index is 0.0721. The molecule has 0 spiro atoms. The van der Waals surface area contributed by atoms with Gasteiger partial charge in [0.1, 0.15) is 0 Å². The van der Waals surface area contributed by atoms with Crippen molar-refractivity contribution >= 4 is 46.4 Å². The van der Waals surface area contributed by atoms with Crippen molar-refractivity contribution in [2.24, 2.45) is 17.8 Å². The van der Waals surface area contributed by atoms with Crippen LogP contribution in [0.25, 0.3) is 0 Å². The quantitative estimate of drug-likeness (QED) is 0.568. The molecule has 0 aromatic heterocycles. The summed E-state index contributed by atoms with van der Waals surface area (Å²) in [5.41, 5.74) is 0. The predicted octanol–water partition coefficient (Wildman–Crippen LogP) is 4.01. The molecule has 4 atom stereocenters. The van der Waals surface area contributed by atoms with E-state index in [-0.39, 0.29) is 11.3 Å². The third-order valence-corrected chi connectivity index (χ3v) is 4.58. The molecule has 2 bridgehead atoms. The molecule has 70 valence electrons. The number of hydrogen-bond acceptors (Lipinski definition) is 0. The summed E-state index contributed by atoms with van der Waals surface area (Å²) in [4.78, 5) is 0. The highest BCUT2D eigenvalue weighted by molar-refractivity contribution is 6.68. The molecule has 0 radical (unpaired) electrons. The molecule has 0 unspecified atom stereocenters. The molecule has 0 saturated heterocycles. The summed E-state index contributed by atoms with van der Waals surface area (Å²) in [6, 6.07) is 0. The van der Waals surface area contributed by atoms with Gasteiger partial charge in [-0.1, -0.05) is 34.8 Å². The number of rotatable bonds is 0. The summed E-state index contributed by atoms with van der Waals surface area (Å²) >= 11 is 23.8. The van der Waals surface area contributed by atoms with Crippen LogP contribution >= 0.6 is 46.4 Å². The average molecular weight is 248 g/mol. The Morgan fingerprint density at radius 1 is 1.00 bits per heavy atom. The second-order valence-corrected chi connectivity index (χ2v) is 6.72. The first-order chi connectivity index (χ1) is 5.50. The highest BCUT2D eigenvalue weighted by atomic mass is 35.6. The molecule has 2 aliphatic carbocycles. The van der Waals surface area contributed by atoms with Gasteiger partial charge in [-0.25, -0.2) is 0 Å². The first kappa shape index (κ1) is 9.71. The Balaban J connectivity index is 2.17. The molecule has 0 aliphatic heterocycles. The van der Waals surface area contributed by atoms with Gasteiger partial charge in [0.05, 0.1) is 0 Å². The molecule has 0 N–H and O–H groups in total. The molecule has 12 heavy (non-hydrogen) atoms. The highest BCUT2D eigenvalue weighted by Crippen LogP contribution is 2.58. The molecule has 2 rings (SSSR count). The van der Waals surface area contributed by atoms with Crippen LogP contribution < -0.4 is 0 Å². The van der Waals surface area contributed by atoms with Crippen molar-refractivity contribution in [2.75, 3.05) is 0 Å². The molecule has 2 aliphatic rings. The summed E-state index contributed by atoms with van der Waals surface area (Å²) in [5.74, 6) is 1.21. The van der Waals surface area contributed by atoms with E-state index in [1.165, 1.54) is 12.8 Å². The molecular formula is C8H10Cl4. The molecule has 2 saturated carbocycles. The van der Waals surface area contributed by atoms with E-state index in [9.17, 15) is 0 Å². The van der Waals surface area contributed by atoms with Crippen molar-refractivity contribution in [3.05, 3.63) is 0 Å². The lowest BCUT2D eigenvalue weighted by Crippen LogP contribution is -2.33. The zero-order valence-electron chi connectivity index (χ0n) is 6.44. The Morgan fingerprint density at radius 2 is 1.58 bits per heavy atom. The molecule has 0 heterocycles. The fourth-order valence-corrected chi connectivity index (χ4v) is 4.43. The van der Waals surface area contributed by atoms with E-state index in [4.69, 9.17) is 46.4 Å². The number of halogens is 4. The maximum absolute atomic E-state index is 6.21. The minimum Gasteiger partial charge on any atom is -0.122 e. The third-order valence-electron chi connectivity index (χ3n) is 3.19. The van der Waals surface area contributed by atoms with Crippen LogP contribution in [0.2, 0.25) is 0 Å². The second kappa shape index (κ2) is 3.08. The standard InChI is InChI=1S/C8H10Cl4/c9-7-5-2-1-4(3-5)6(7)8(10,11)12/h4-7H,1-3H2/t4-,5-,6-,7-/m0/s1. The Kier molecular flexibility index (Phi) is 2.49. The monoisotopic (exact) mass is 246 g/mol. The van der Waals surface area contributed by atoms with E-state index >= 15 is 0 Å². The van der Waals surface area contributed by atoms with Gasteiger partial charge in [0.15, 0.2) is 3.79 Å². The second-order valence-electron chi connectivity index (χ2n) is 3.85. The fourth-order valence-electron chi connectivity index (χ4n) is 2.67. The van der Waals surface area contributed by atoms with Gasteiger partial charge in [0.2, 0.25) is 0 Å². The third kappa shape index (κ3) is 1.45. The van der Waals surface area contributed by atoms with Gasteiger partial charge in [-0.05, 0) is 31.1 Å². The van der Waals surface area contributed by atoms with Crippen LogP contribution in [0.4, 0.5) is 0 Å². The topological polar surface area (TPSA) is 0 Å². The molecule has 0 aromatic rings. The zero-order valence-corrected chi connectivity index (χ0v) is 9.47. The minimum atomic E-state index is -1.16. The normalized spacial score (nSPS) is 47.0. The van der Waals surface area contributed by atoms with Crippen molar-refractivity contribution < 1.29 is 0 Å². The van der Waals surface area contributed by atoms with Crippen molar-refractivity contribution in [3.63, 3.8) is 0 Å². The van der Waals surface area contributed by atoms with E-state index in [1.54, 1.807) is 0 Å². The summed E-state index contributed by atoms with van der Waals surface area (Å²) < 4.78 is -1.16. The number of alkyl halides is 4. The summed E-state index contributed by atoms with van der Waals surface area (Å²) in [6.07, 6.45) is 3.56. The van der Waals surface area contributed by atoms with Crippen LogP contribution in [-0.2, 0) is 0 Å². The number of hydrogen-bond donors (Lipinski definition) is 0. The van der Waals surface area contributed by atoms with Gasteiger partial charge < -0.3 is 0 Å². The Hall–Kier alpha value is 1.16. The summed E-state index contributed by atoms with van der Waals surface area (Å²) in [7, 11) is 0. The van der Waals surface area contributed by atoms with Crippen LogP contribution in [0.5, 0.6) is 0 Å². The van der Waals surface area contributed by atoms with Crippen molar-refractivity contribution in [2.45, 2.75) is 28.4 Å². The Labute approximate surface area is 92.5 Å². The van der Waals surface area contributed by atoms with E-state index in [0.29, 0.717) is 11.8 Å². The molecule has 0 amide bonds. The Morgan fingerprint density at radius 3 is 1.92 bits per heavy atom. The Bertz CT molecular complexity index is 184. The van der Waals surface area contributed by atoms with Gasteiger partial charge >= 0.3 is 0 Å². The molecule has 4 heteroatoms. The summed E-state index contributed by atoms with van der Waals surface area (Å²) in [5, 5.41) is 0.0799. The first-order valence-corrected chi connectivity index (χ1v) is 5.78. The predicted molar refractivity (Wildman–Crippen MR) is 54.3 cm³/mol.